The van der Waals surface area contributed by atoms with E-state index >= 15 is 0 Å². The maximum absolute atomic E-state index is 4.66. The third-order valence-electron chi connectivity index (χ3n) is 2.90. The van der Waals surface area contributed by atoms with Gasteiger partial charge < -0.3 is 10.2 Å². The van der Waals surface area contributed by atoms with Gasteiger partial charge >= 0.3 is 0 Å². The molecule has 0 saturated carbocycles. The van der Waals surface area contributed by atoms with E-state index in [0.717, 1.165) is 30.8 Å². The van der Waals surface area contributed by atoms with Crippen molar-refractivity contribution in [2.75, 3.05) is 32.1 Å². The Hall–Kier alpha value is -1.61. The molecule has 0 spiro atoms. The lowest BCUT2D eigenvalue weighted by Crippen LogP contribution is -2.22. The number of pyridine rings is 1. The smallest absolute Gasteiger partial charge is 0.128 e. The van der Waals surface area contributed by atoms with Crippen molar-refractivity contribution >= 4 is 16.7 Å². The van der Waals surface area contributed by atoms with Gasteiger partial charge in [0.1, 0.15) is 5.82 Å². The van der Waals surface area contributed by atoms with Crippen LogP contribution < -0.4 is 10.2 Å². The van der Waals surface area contributed by atoms with Crippen molar-refractivity contribution in [2.24, 2.45) is 0 Å². The van der Waals surface area contributed by atoms with Crippen LogP contribution in [0.5, 0.6) is 0 Å². The standard InChI is InChI=1S/C14H19N3/c1-15-10-5-11-17(2)14-9-8-12-6-3-4-7-13(12)16-14/h3-4,6-9,15H,5,10-11H2,1-2H3. The molecular weight excluding hydrogens is 210 g/mol. The molecule has 3 nitrogen and oxygen atoms in total. The van der Waals surface area contributed by atoms with Crippen LogP contribution in [0.2, 0.25) is 0 Å². The minimum Gasteiger partial charge on any atom is -0.360 e. The number of nitrogens with zero attached hydrogens (tertiary/aromatic N) is 2. The third-order valence-corrected chi connectivity index (χ3v) is 2.90. The molecule has 90 valence electrons. The van der Waals surface area contributed by atoms with E-state index in [0.29, 0.717) is 0 Å². The second-order valence-electron chi connectivity index (χ2n) is 4.24. The summed E-state index contributed by atoms with van der Waals surface area (Å²) in [6.07, 6.45) is 1.13. The highest BCUT2D eigenvalue weighted by Crippen LogP contribution is 2.16. The van der Waals surface area contributed by atoms with E-state index < -0.39 is 0 Å². The highest BCUT2D eigenvalue weighted by molar-refractivity contribution is 5.80. The van der Waals surface area contributed by atoms with Gasteiger partial charge in [-0.15, -0.1) is 0 Å². The van der Waals surface area contributed by atoms with Gasteiger partial charge in [-0.3, -0.25) is 0 Å². The molecular formula is C14H19N3. The van der Waals surface area contributed by atoms with Crippen LogP contribution in [0.1, 0.15) is 6.42 Å². The van der Waals surface area contributed by atoms with Crippen molar-refractivity contribution in [3.8, 4) is 0 Å². The van der Waals surface area contributed by atoms with E-state index in [9.17, 15) is 0 Å². The molecule has 3 heteroatoms. The molecule has 0 saturated heterocycles. The van der Waals surface area contributed by atoms with Crippen molar-refractivity contribution in [3.63, 3.8) is 0 Å². The van der Waals surface area contributed by atoms with E-state index in [2.05, 4.69) is 46.5 Å². The van der Waals surface area contributed by atoms with Crippen molar-refractivity contribution in [3.05, 3.63) is 36.4 Å². The van der Waals surface area contributed by atoms with Gasteiger partial charge in [-0.2, -0.15) is 0 Å². The van der Waals surface area contributed by atoms with Gasteiger partial charge in [-0.1, -0.05) is 18.2 Å². The molecule has 0 aliphatic rings. The Kier molecular flexibility index (Phi) is 3.94. The minimum absolute atomic E-state index is 1.02. The Morgan fingerprint density at radius 2 is 2.00 bits per heavy atom. The molecule has 0 unspecified atom stereocenters. The number of para-hydroxylation sites is 1. The molecule has 0 radical (unpaired) electrons. The first-order valence-electron chi connectivity index (χ1n) is 6.03. The number of nitrogens with one attached hydrogen (secondary N) is 1. The zero-order chi connectivity index (χ0) is 12.1. The lowest BCUT2D eigenvalue weighted by Gasteiger charge is -2.18. The molecule has 2 aromatic rings. The van der Waals surface area contributed by atoms with Gasteiger partial charge in [-0.05, 0) is 38.2 Å². The maximum Gasteiger partial charge on any atom is 0.128 e. The summed E-state index contributed by atoms with van der Waals surface area (Å²) in [6.45, 7) is 2.06. The average Bonchev–Trinajstić information content (AvgIpc) is 2.38. The van der Waals surface area contributed by atoms with Crippen LogP contribution in [-0.4, -0.2) is 32.2 Å². The lowest BCUT2D eigenvalue weighted by molar-refractivity contribution is 0.710. The zero-order valence-corrected chi connectivity index (χ0v) is 10.5. The second kappa shape index (κ2) is 5.64. The van der Waals surface area contributed by atoms with Gasteiger partial charge in [0, 0.05) is 19.0 Å². The molecule has 1 heterocycles. The summed E-state index contributed by atoms with van der Waals surface area (Å²) < 4.78 is 0. The third kappa shape index (κ3) is 2.94. The van der Waals surface area contributed by atoms with E-state index in [4.69, 9.17) is 0 Å². The van der Waals surface area contributed by atoms with Crippen molar-refractivity contribution in [1.29, 1.82) is 0 Å². The molecule has 0 fully saturated rings. The minimum atomic E-state index is 1.02. The number of anilines is 1. The van der Waals surface area contributed by atoms with Gasteiger partial charge in [-0.25, -0.2) is 4.98 Å². The Balaban J connectivity index is 2.12. The topological polar surface area (TPSA) is 28.2 Å². The second-order valence-corrected chi connectivity index (χ2v) is 4.24. The number of hydrogen-bond acceptors (Lipinski definition) is 3. The van der Waals surface area contributed by atoms with Crippen molar-refractivity contribution < 1.29 is 0 Å². The Morgan fingerprint density at radius 3 is 2.82 bits per heavy atom. The van der Waals surface area contributed by atoms with Crippen LogP contribution in [0, 0.1) is 0 Å². The highest BCUT2D eigenvalue weighted by atomic mass is 15.2. The van der Waals surface area contributed by atoms with E-state index in [1.165, 1.54) is 5.39 Å². The summed E-state index contributed by atoms with van der Waals surface area (Å²) in [5, 5.41) is 4.35. The molecule has 0 aliphatic carbocycles. The average molecular weight is 229 g/mol. The largest absolute Gasteiger partial charge is 0.360 e. The summed E-state index contributed by atoms with van der Waals surface area (Å²) in [4.78, 5) is 6.86. The SMILES string of the molecule is CNCCCN(C)c1ccc2ccccc2n1. The van der Waals surface area contributed by atoms with Gasteiger partial charge in [0.2, 0.25) is 0 Å². The normalized spacial score (nSPS) is 10.7. The Labute approximate surface area is 102 Å². The van der Waals surface area contributed by atoms with Gasteiger partial charge in [0.15, 0.2) is 0 Å². The molecule has 2 rings (SSSR count). The summed E-state index contributed by atoms with van der Waals surface area (Å²) in [5.74, 6) is 1.04. The highest BCUT2D eigenvalue weighted by Gasteiger charge is 2.02. The number of hydrogen-bond donors (Lipinski definition) is 1. The molecule has 1 N–H and O–H groups in total. The van der Waals surface area contributed by atoms with Gasteiger partial charge in [0.25, 0.3) is 0 Å². The number of fused-ring (bicyclic) bond motifs is 1. The van der Waals surface area contributed by atoms with E-state index in [-0.39, 0.29) is 0 Å². The van der Waals surface area contributed by atoms with Crippen LogP contribution in [-0.2, 0) is 0 Å². The van der Waals surface area contributed by atoms with Crippen molar-refractivity contribution in [2.45, 2.75) is 6.42 Å². The fraction of sp³-hybridized carbons (Fsp3) is 0.357. The Morgan fingerprint density at radius 1 is 1.18 bits per heavy atom. The van der Waals surface area contributed by atoms with Crippen LogP contribution >= 0.6 is 0 Å². The quantitative estimate of drug-likeness (QED) is 0.797. The van der Waals surface area contributed by atoms with Crippen LogP contribution in [0.25, 0.3) is 10.9 Å². The first-order valence-corrected chi connectivity index (χ1v) is 6.03. The molecule has 0 bridgehead atoms. The molecule has 0 atom stereocenters. The molecule has 17 heavy (non-hydrogen) atoms. The van der Waals surface area contributed by atoms with Crippen LogP contribution in [0.15, 0.2) is 36.4 Å². The van der Waals surface area contributed by atoms with Crippen LogP contribution in [0.3, 0.4) is 0 Å². The van der Waals surface area contributed by atoms with E-state index in [1.54, 1.807) is 0 Å². The number of aromatic nitrogens is 1. The number of benzene rings is 1. The first kappa shape index (κ1) is 11.9. The summed E-state index contributed by atoms with van der Waals surface area (Å²) in [7, 11) is 4.07. The summed E-state index contributed by atoms with van der Waals surface area (Å²) in [6, 6.07) is 12.4. The molecule has 1 aromatic carbocycles. The number of rotatable bonds is 5. The molecule has 0 aliphatic heterocycles. The zero-order valence-electron chi connectivity index (χ0n) is 10.5. The predicted molar refractivity (Wildman–Crippen MR) is 73.6 cm³/mol. The fourth-order valence-corrected chi connectivity index (χ4v) is 1.88. The first-order chi connectivity index (χ1) is 8.31. The van der Waals surface area contributed by atoms with Gasteiger partial charge in [0.05, 0.1) is 5.52 Å². The fourth-order valence-electron chi connectivity index (χ4n) is 1.88. The predicted octanol–water partition coefficient (Wildman–Crippen LogP) is 2.28. The molecule has 0 amide bonds. The summed E-state index contributed by atoms with van der Waals surface area (Å²) >= 11 is 0. The summed E-state index contributed by atoms with van der Waals surface area (Å²) in [5.41, 5.74) is 1.06. The maximum atomic E-state index is 4.66. The van der Waals surface area contributed by atoms with Crippen LogP contribution in [0.4, 0.5) is 5.82 Å². The molecule has 1 aromatic heterocycles. The van der Waals surface area contributed by atoms with Crippen molar-refractivity contribution in [1.82, 2.24) is 10.3 Å². The Bertz CT molecular complexity index is 482. The monoisotopic (exact) mass is 229 g/mol. The lowest BCUT2D eigenvalue weighted by atomic mass is 10.2. The van der Waals surface area contributed by atoms with E-state index in [1.807, 2.05) is 19.2 Å².